The van der Waals surface area contributed by atoms with Crippen molar-refractivity contribution in [3.05, 3.63) is 29.6 Å². The van der Waals surface area contributed by atoms with Gasteiger partial charge in [-0.1, -0.05) is 20.8 Å². The van der Waals surface area contributed by atoms with Gasteiger partial charge in [-0.15, -0.1) is 0 Å². The van der Waals surface area contributed by atoms with Crippen molar-refractivity contribution in [2.45, 2.75) is 59.3 Å². The highest BCUT2D eigenvalue weighted by Crippen LogP contribution is 2.44. The van der Waals surface area contributed by atoms with Gasteiger partial charge in [0.2, 0.25) is 0 Å². The molecular formula is C18H27N3. The van der Waals surface area contributed by atoms with Crippen molar-refractivity contribution >= 4 is 11.5 Å². The minimum Gasteiger partial charge on any atom is -0.383 e. The highest BCUT2D eigenvalue weighted by molar-refractivity contribution is 5.54. The van der Waals surface area contributed by atoms with E-state index in [2.05, 4.69) is 39.8 Å². The monoisotopic (exact) mass is 285 g/mol. The van der Waals surface area contributed by atoms with Gasteiger partial charge in [-0.3, -0.25) is 4.40 Å². The van der Waals surface area contributed by atoms with Crippen molar-refractivity contribution in [1.29, 1.82) is 0 Å². The summed E-state index contributed by atoms with van der Waals surface area (Å²) in [5.74, 6) is 2.20. The summed E-state index contributed by atoms with van der Waals surface area (Å²) in [5, 5.41) is 0. The Hall–Kier alpha value is -1.51. The zero-order chi connectivity index (χ0) is 15.2. The molecule has 2 N–H and O–H groups in total. The van der Waals surface area contributed by atoms with E-state index in [1.54, 1.807) is 0 Å². The molecule has 0 amide bonds. The van der Waals surface area contributed by atoms with Gasteiger partial charge in [-0.2, -0.15) is 0 Å². The first-order chi connectivity index (χ1) is 9.86. The highest BCUT2D eigenvalue weighted by atomic mass is 15.1. The molecule has 3 heteroatoms. The molecule has 3 rings (SSSR count). The fourth-order valence-electron chi connectivity index (χ4n) is 3.72. The summed E-state index contributed by atoms with van der Waals surface area (Å²) in [5.41, 5.74) is 10.1. The van der Waals surface area contributed by atoms with Crippen LogP contribution in [0.25, 0.3) is 5.65 Å². The number of hydrogen-bond donors (Lipinski definition) is 1. The zero-order valence-electron chi connectivity index (χ0n) is 13.7. The summed E-state index contributed by atoms with van der Waals surface area (Å²) in [4.78, 5) is 4.82. The molecule has 0 aromatic carbocycles. The van der Waals surface area contributed by atoms with Crippen molar-refractivity contribution in [2.75, 3.05) is 5.73 Å². The minimum atomic E-state index is 0.423. The van der Waals surface area contributed by atoms with Crippen LogP contribution in [0.1, 0.15) is 63.6 Å². The lowest BCUT2D eigenvalue weighted by Crippen LogP contribution is -2.25. The van der Waals surface area contributed by atoms with E-state index >= 15 is 0 Å². The summed E-state index contributed by atoms with van der Waals surface area (Å²) in [6.45, 7) is 9.18. The van der Waals surface area contributed by atoms with E-state index in [9.17, 15) is 0 Å². The van der Waals surface area contributed by atoms with Crippen LogP contribution in [0, 0.1) is 18.3 Å². The van der Waals surface area contributed by atoms with Crippen LogP contribution in [-0.2, 0) is 0 Å². The number of nitrogen functional groups attached to an aromatic ring is 1. The number of pyridine rings is 1. The number of nitrogens with zero attached hydrogens (tertiary/aromatic N) is 2. The number of aromatic nitrogens is 2. The average molecular weight is 285 g/mol. The molecule has 1 aliphatic carbocycles. The fourth-order valence-corrected chi connectivity index (χ4v) is 3.72. The van der Waals surface area contributed by atoms with Gasteiger partial charge in [0, 0.05) is 12.1 Å². The summed E-state index contributed by atoms with van der Waals surface area (Å²) < 4.78 is 2.03. The fraction of sp³-hybridized carbons (Fsp3) is 0.611. The van der Waals surface area contributed by atoms with Gasteiger partial charge in [0.25, 0.3) is 0 Å². The third-order valence-electron chi connectivity index (χ3n) is 5.19. The van der Waals surface area contributed by atoms with Gasteiger partial charge < -0.3 is 5.73 Å². The molecule has 0 saturated heterocycles. The van der Waals surface area contributed by atoms with Crippen LogP contribution in [0.2, 0.25) is 0 Å². The summed E-state index contributed by atoms with van der Waals surface area (Å²) in [7, 11) is 0. The van der Waals surface area contributed by atoms with E-state index in [0.29, 0.717) is 11.3 Å². The standard InChI is InChI=1S/C18H27N3/c1-12-9-10-21-15(11-12)20-16(17(21)19)13-5-7-14(8-6-13)18(2,3)4/h9-11,13-14H,5-8,19H2,1-4H3. The Kier molecular flexibility index (Phi) is 3.46. The molecule has 0 unspecified atom stereocenters. The molecule has 21 heavy (non-hydrogen) atoms. The normalized spacial score (nSPS) is 23.6. The average Bonchev–Trinajstić information content (AvgIpc) is 2.74. The summed E-state index contributed by atoms with van der Waals surface area (Å²) >= 11 is 0. The van der Waals surface area contributed by atoms with Crippen LogP contribution in [0.3, 0.4) is 0 Å². The zero-order valence-corrected chi connectivity index (χ0v) is 13.7. The second-order valence-electron chi connectivity index (χ2n) is 7.73. The van der Waals surface area contributed by atoms with Gasteiger partial charge in [0.15, 0.2) is 0 Å². The molecule has 0 spiro atoms. The van der Waals surface area contributed by atoms with Crippen LogP contribution in [0.15, 0.2) is 18.3 Å². The van der Waals surface area contributed by atoms with Crippen LogP contribution in [-0.4, -0.2) is 9.38 Å². The predicted molar refractivity (Wildman–Crippen MR) is 88.5 cm³/mol. The van der Waals surface area contributed by atoms with E-state index in [0.717, 1.165) is 23.1 Å². The third kappa shape index (κ3) is 2.66. The minimum absolute atomic E-state index is 0.423. The quantitative estimate of drug-likeness (QED) is 0.835. The Labute approximate surface area is 127 Å². The van der Waals surface area contributed by atoms with Crippen LogP contribution >= 0.6 is 0 Å². The van der Waals surface area contributed by atoms with Crippen molar-refractivity contribution in [2.24, 2.45) is 11.3 Å². The van der Waals surface area contributed by atoms with Crippen LogP contribution < -0.4 is 5.73 Å². The Morgan fingerprint density at radius 2 is 1.86 bits per heavy atom. The number of nitrogens with two attached hydrogens (primary N) is 1. The molecule has 114 valence electrons. The lowest BCUT2D eigenvalue weighted by molar-refractivity contribution is 0.168. The molecule has 3 nitrogen and oxygen atoms in total. The van der Waals surface area contributed by atoms with Gasteiger partial charge in [-0.05, 0) is 61.6 Å². The van der Waals surface area contributed by atoms with Crippen molar-refractivity contribution < 1.29 is 0 Å². The molecule has 0 bridgehead atoms. The second kappa shape index (κ2) is 5.04. The van der Waals surface area contributed by atoms with E-state index in [-0.39, 0.29) is 0 Å². The lowest BCUT2D eigenvalue weighted by Gasteiger charge is -2.36. The summed E-state index contributed by atoms with van der Waals surface area (Å²) in [6.07, 6.45) is 7.06. The number of hydrogen-bond acceptors (Lipinski definition) is 2. The molecule has 2 aromatic rings. The number of fused-ring (bicyclic) bond motifs is 1. The van der Waals surface area contributed by atoms with Gasteiger partial charge in [0.05, 0.1) is 5.69 Å². The molecule has 1 fully saturated rings. The number of aryl methyl sites for hydroxylation is 1. The first kappa shape index (κ1) is 14.4. The Morgan fingerprint density at radius 1 is 1.19 bits per heavy atom. The second-order valence-corrected chi connectivity index (χ2v) is 7.73. The van der Waals surface area contributed by atoms with Gasteiger partial charge >= 0.3 is 0 Å². The maximum atomic E-state index is 6.34. The number of anilines is 1. The maximum absolute atomic E-state index is 6.34. The molecule has 2 aromatic heterocycles. The number of rotatable bonds is 1. The van der Waals surface area contributed by atoms with E-state index in [4.69, 9.17) is 10.7 Å². The molecule has 1 saturated carbocycles. The Morgan fingerprint density at radius 3 is 2.48 bits per heavy atom. The van der Waals surface area contributed by atoms with Crippen molar-refractivity contribution in [1.82, 2.24) is 9.38 Å². The van der Waals surface area contributed by atoms with Gasteiger partial charge in [0.1, 0.15) is 11.5 Å². The molecule has 0 radical (unpaired) electrons. The third-order valence-corrected chi connectivity index (χ3v) is 5.19. The number of imidazole rings is 1. The first-order valence-corrected chi connectivity index (χ1v) is 8.10. The molecular weight excluding hydrogens is 258 g/mol. The van der Waals surface area contributed by atoms with Crippen LogP contribution in [0.5, 0.6) is 0 Å². The Balaban J connectivity index is 1.84. The predicted octanol–water partition coefficient (Wildman–Crippen LogP) is 4.54. The van der Waals surface area contributed by atoms with Crippen molar-refractivity contribution in [3.63, 3.8) is 0 Å². The molecule has 0 atom stereocenters. The van der Waals surface area contributed by atoms with Crippen LogP contribution in [0.4, 0.5) is 5.82 Å². The van der Waals surface area contributed by atoms with Crippen molar-refractivity contribution in [3.8, 4) is 0 Å². The van der Waals surface area contributed by atoms with E-state index in [1.807, 2.05) is 10.6 Å². The maximum Gasteiger partial charge on any atom is 0.138 e. The topological polar surface area (TPSA) is 43.3 Å². The molecule has 0 aliphatic heterocycles. The highest BCUT2D eigenvalue weighted by Gasteiger charge is 2.32. The summed E-state index contributed by atoms with van der Waals surface area (Å²) in [6, 6.07) is 4.20. The van der Waals surface area contributed by atoms with E-state index in [1.165, 1.54) is 31.2 Å². The van der Waals surface area contributed by atoms with Gasteiger partial charge in [-0.25, -0.2) is 4.98 Å². The smallest absolute Gasteiger partial charge is 0.138 e. The van der Waals surface area contributed by atoms with E-state index < -0.39 is 0 Å². The molecule has 2 heterocycles. The molecule has 1 aliphatic rings. The SMILES string of the molecule is Cc1ccn2c(N)c(C3CCC(C(C)(C)C)CC3)nc2c1. The lowest BCUT2D eigenvalue weighted by atomic mass is 9.69. The largest absolute Gasteiger partial charge is 0.383 e. The Bertz CT molecular complexity index is 640. The first-order valence-electron chi connectivity index (χ1n) is 8.10.